The molecule has 1 unspecified atom stereocenters. The molecule has 0 saturated heterocycles. The summed E-state index contributed by atoms with van der Waals surface area (Å²) in [7, 11) is 0. The van der Waals surface area contributed by atoms with Crippen LogP contribution in [0.25, 0.3) is 0 Å². The number of rotatable bonds is 5. The largest absolute Gasteiger partial charge is 0.284 e. The van der Waals surface area contributed by atoms with E-state index in [1.54, 1.807) is 0 Å². The van der Waals surface area contributed by atoms with Gasteiger partial charge >= 0.3 is 0 Å². The molecule has 0 aliphatic rings. The fraction of sp³-hybridized carbons (Fsp3) is 0.385. The molecule has 0 aliphatic heterocycles. The first-order valence-corrected chi connectivity index (χ1v) is 5.58. The highest BCUT2D eigenvalue weighted by molar-refractivity contribution is 6.18. The van der Waals surface area contributed by atoms with Crippen LogP contribution in [-0.2, 0) is 6.54 Å². The van der Waals surface area contributed by atoms with E-state index in [9.17, 15) is 0 Å². The van der Waals surface area contributed by atoms with Crippen LogP contribution in [0.2, 0.25) is 0 Å². The number of hydrogen-bond acceptors (Lipinski definition) is 1. The normalized spacial score (nSPS) is 12.4. The predicted octanol–water partition coefficient (Wildman–Crippen LogP) is 2.75. The molecule has 1 aromatic carbocycles. The zero-order valence-corrected chi connectivity index (χ0v) is 9.74. The third-order valence-corrected chi connectivity index (χ3v) is 2.82. The number of nitrogens with zero attached hydrogens (tertiary/aromatic N) is 1. The first kappa shape index (κ1) is 12.1. The molecule has 0 saturated carbocycles. The summed E-state index contributed by atoms with van der Waals surface area (Å²) in [6.45, 7) is 3.59. The van der Waals surface area contributed by atoms with Gasteiger partial charge in [0.1, 0.15) is 0 Å². The molecular formula is C13H16ClN. The second kappa shape index (κ2) is 6.50. The molecule has 0 aliphatic carbocycles. The zero-order valence-electron chi connectivity index (χ0n) is 8.99. The minimum absolute atomic E-state index is 0.308. The number of alkyl halides is 1. The topological polar surface area (TPSA) is 3.24 Å². The van der Waals surface area contributed by atoms with E-state index in [1.165, 1.54) is 5.56 Å². The van der Waals surface area contributed by atoms with Gasteiger partial charge in [-0.2, -0.15) is 0 Å². The van der Waals surface area contributed by atoms with Crippen LogP contribution < -0.4 is 0 Å². The smallest absolute Gasteiger partial charge is 0.0604 e. The van der Waals surface area contributed by atoms with E-state index < -0.39 is 0 Å². The molecule has 0 spiro atoms. The molecule has 1 nitrogen and oxygen atoms in total. The molecule has 0 amide bonds. The molecular weight excluding hydrogens is 206 g/mol. The van der Waals surface area contributed by atoms with Gasteiger partial charge < -0.3 is 0 Å². The highest BCUT2D eigenvalue weighted by Gasteiger charge is 2.11. The summed E-state index contributed by atoms with van der Waals surface area (Å²) in [6.07, 6.45) is 5.34. The quantitative estimate of drug-likeness (QED) is 0.546. The van der Waals surface area contributed by atoms with Crippen LogP contribution in [0.1, 0.15) is 12.5 Å². The Bertz CT molecular complexity index is 315. The Kier molecular flexibility index (Phi) is 5.25. The van der Waals surface area contributed by atoms with Crippen molar-refractivity contribution in [3.05, 3.63) is 35.9 Å². The van der Waals surface area contributed by atoms with Crippen LogP contribution in [0.15, 0.2) is 30.3 Å². The van der Waals surface area contributed by atoms with Crippen LogP contribution in [-0.4, -0.2) is 23.4 Å². The lowest BCUT2D eigenvalue weighted by Gasteiger charge is -2.25. The standard InChI is InChI=1S/C13H16ClN/c1-3-9-15(12(2)10-14)11-13-7-5-4-6-8-13/h1,4-8,12H,9-11H2,2H3. The summed E-state index contributed by atoms with van der Waals surface area (Å²) < 4.78 is 0. The predicted molar refractivity (Wildman–Crippen MR) is 65.9 cm³/mol. The molecule has 0 radical (unpaired) electrons. The second-order valence-corrected chi connectivity index (χ2v) is 3.91. The van der Waals surface area contributed by atoms with Crippen molar-refractivity contribution >= 4 is 11.6 Å². The first-order chi connectivity index (χ1) is 7.27. The minimum Gasteiger partial charge on any atom is -0.284 e. The van der Waals surface area contributed by atoms with Gasteiger partial charge in [0.25, 0.3) is 0 Å². The lowest BCUT2D eigenvalue weighted by molar-refractivity contribution is 0.244. The van der Waals surface area contributed by atoms with E-state index in [0.29, 0.717) is 18.5 Å². The maximum atomic E-state index is 5.84. The van der Waals surface area contributed by atoms with E-state index in [4.69, 9.17) is 18.0 Å². The second-order valence-electron chi connectivity index (χ2n) is 3.60. The summed E-state index contributed by atoms with van der Waals surface area (Å²) in [5.74, 6) is 3.28. The molecule has 0 bridgehead atoms. The highest BCUT2D eigenvalue weighted by atomic mass is 35.5. The lowest BCUT2D eigenvalue weighted by Crippen LogP contribution is -2.34. The van der Waals surface area contributed by atoms with E-state index >= 15 is 0 Å². The minimum atomic E-state index is 0.308. The molecule has 1 rings (SSSR count). The third kappa shape index (κ3) is 3.95. The Morgan fingerprint density at radius 3 is 2.60 bits per heavy atom. The lowest BCUT2D eigenvalue weighted by atomic mass is 10.2. The molecule has 15 heavy (non-hydrogen) atoms. The van der Waals surface area contributed by atoms with E-state index in [2.05, 4.69) is 29.9 Å². The third-order valence-electron chi connectivity index (χ3n) is 2.37. The van der Waals surface area contributed by atoms with Gasteiger partial charge in [0.05, 0.1) is 6.54 Å². The van der Waals surface area contributed by atoms with Crippen molar-refractivity contribution in [2.24, 2.45) is 0 Å². The summed E-state index contributed by atoms with van der Waals surface area (Å²) in [5, 5.41) is 0. The molecule has 0 N–H and O–H groups in total. The summed E-state index contributed by atoms with van der Waals surface area (Å²) in [4.78, 5) is 2.20. The Hall–Kier alpha value is -0.970. The van der Waals surface area contributed by atoms with Gasteiger partial charge in [0, 0.05) is 18.5 Å². The number of hydrogen-bond donors (Lipinski definition) is 0. The fourth-order valence-electron chi connectivity index (χ4n) is 1.40. The van der Waals surface area contributed by atoms with E-state index in [-0.39, 0.29) is 0 Å². The molecule has 0 aromatic heterocycles. The zero-order chi connectivity index (χ0) is 11.1. The first-order valence-electron chi connectivity index (χ1n) is 5.05. The maximum absolute atomic E-state index is 5.84. The Labute approximate surface area is 97.0 Å². The summed E-state index contributed by atoms with van der Waals surface area (Å²) >= 11 is 5.84. The van der Waals surface area contributed by atoms with Crippen molar-refractivity contribution < 1.29 is 0 Å². The average Bonchev–Trinajstić information content (AvgIpc) is 2.29. The van der Waals surface area contributed by atoms with Gasteiger partial charge in [-0.3, -0.25) is 4.90 Å². The van der Waals surface area contributed by atoms with Crippen LogP contribution in [0.5, 0.6) is 0 Å². The van der Waals surface area contributed by atoms with Crippen LogP contribution in [0, 0.1) is 12.3 Å². The summed E-state index contributed by atoms with van der Waals surface area (Å²) in [6, 6.07) is 10.6. The van der Waals surface area contributed by atoms with Crippen molar-refractivity contribution in [1.82, 2.24) is 4.90 Å². The van der Waals surface area contributed by atoms with E-state index in [0.717, 1.165) is 6.54 Å². The van der Waals surface area contributed by atoms with Crippen LogP contribution in [0.3, 0.4) is 0 Å². The van der Waals surface area contributed by atoms with Gasteiger partial charge in [0.15, 0.2) is 0 Å². The van der Waals surface area contributed by atoms with Crippen molar-refractivity contribution in [2.45, 2.75) is 19.5 Å². The molecule has 0 fully saturated rings. The van der Waals surface area contributed by atoms with Crippen molar-refractivity contribution in [2.75, 3.05) is 12.4 Å². The van der Waals surface area contributed by atoms with Gasteiger partial charge in [-0.05, 0) is 12.5 Å². The van der Waals surface area contributed by atoms with Gasteiger partial charge in [-0.25, -0.2) is 0 Å². The van der Waals surface area contributed by atoms with Crippen molar-refractivity contribution in [3.8, 4) is 12.3 Å². The molecule has 0 heterocycles. The SMILES string of the molecule is C#CCN(Cc1ccccc1)C(C)CCl. The fourth-order valence-corrected chi connectivity index (χ4v) is 1.60. The number of benzene rings is 1. The van der Waals surface area contributed by atoms with Crippen molar-refractivity contribution in [1.29, 1.82) is 0 Å². The molecule has 2 heteroatoms. The summed E-state index contributed by atoms with van der Waals surface area (Å²) in [5.41, 5.74) is 1.27. The Morgan fingerprint density at radius 1 is 1.40 bits per heavy atom. The van der Waals surface area contributed by atoms with Crippen molar-refractivity contribution in [3.63, 3.8) is 0 Å². The van der Waals surface area contributed by atoms with Gasteiger partial charge in [0.2, 0.25) is 0 Å². The molecule has 80 valence electrons. The average molecular weight is 222 g/mol. The van der Waals surface area contributed by atoms with Crippen LogP contribution in [0.4, 0.5) is 0 Å². The maximum Gasteiger partial charge on any atom is 0.0604 e. The Balaban J connectivity index is 2.63. The van der Waals surface area contributed by atoms with E-state index in [1.807, 2.05) is 18.2 Å². The molecule has 1 atom stereocenters. The van der Waals surface area contributed by atoms with Gasteiger partial charge in [-0.1, -0.05) is 36.3 Å². The highest BCUT2D eigenvalue weighted by Crippen LogP contribution is 2.08. The number of terminal acetylenes is 1. The number of halogens is 1. The van der Waals surface area contributed by atoms with Crippen LogP contribution >= 0.6 is 11.6 Å². The molecule has 1 aromatic rings. The Morgan fingerprint density at radius 2 is 2.07 bits per heavy atom. The monoisotopic (exact) mass is 221 g/mol. The van der Waals surface area contributed by atoms with Gasteiger partial charge in [-0.15, -0.1) is 18.0 Å².